The van der Waals surface area contributed by atoms with Gasteiger partial charge in [0, 0.05) is 19.1 Å². The van der Waals surface area contributed by atoms with E-state index in [4.69, 9.17) is 16.6 Å². The number of phenols is 1. The number of aromatic nitrogens is 3. The molecule has 0 saturated carbocycles. The molecule has 132 valence electrons. The Bertz CT molecular complexity index is 779. The third kappa shape index (κ3) is 2.93. The Labute approximate surface area is 152 Å². The Hall–Kier alpha value is -1.92. The fraction of sp³-hybridized carbons (Fsp3) is 0.500. The van der Waals surface area contributed by atoms with Gasteiger partial charge in [-0.15, -0.1) is 10.2 Å². The van der Waals surface area contributed by atoms with E-state index in [1.807, 2.05) is 6.92 Å². The minimum Gasteiger partial charge on any atom is -0.507 e. The van der Waals surface area contributed by atoms with Crippen molar-refractivity contribution in [2.45, 2.75) is 25.8 Å². The number of likely N-dealkylation sites (N-methyl/N-ethyl adjacent to an activating group) is 1. The van der Waals surface area contributed by atoms with Crippen molar-refractivity contribution in [2.75, 3.05) is 31.6 Å². The van der Waals surface area contributed by atoms with Crippen LogP contribution >= 0.6 is 11.6 Å². The van der Waals surface area contributed by atoms with Crippen molar-refractivity contribution < 1.29 is 5.11 Å². The summed E-state index contributed by atoms with van der Waals surface area (Å²) in [6, 6.07) is 5.49. The summed E-state index contributed by atoms with van der Waals surface area (Å²) in [5.41, 5.74) is 1.74. The van der Waals surface area contributed by atoms with Crippen LogP contribution in [0.5, 0.6) is 5.75 Å². The highest BCUT2D eigenvalue weighted by Gasteiger charge is 2.39. The fourth-order valence-corrected chi connectivity index (χ4v) is 4.30. The molecule has 0 bridgehead atoms. The first kappa shape index (κ1) is 16.5. The Morgan fingerprint density at radius 2 is 2.00 bits per heavy atom. The molecule has 7 heteroatoms. The number of fused-ring (bicyclic) bond motifs is 1. The van der Waals surface area contributed by atoms with E-state index in [1.54, 1.807) is 18.2 Å². The summed E-state index contributed by atoms with van der Waals surface area (Å²) in [5.74, 6) is 1.48. The lowest BCUT2D eigenvalue weighted by molar-refractivity contribution is 0.207. The first-order valence-electron chi connectivity index (χ1n) is 8.69. The number of hydrogen-bond acceptors (Lipinski definition) is 6. The van der Waals surface area contributed by atoms with Crippen molar-refractivity contribution in [2.24, 2.45) is 5.92 Å². The number of halogens is 1. The highest BCUT2D eigenvalue weighted by Crippen LogP contribution is 2.37. The molecule has 2 aliphatic heterocycles. The number of nitrogens with zero attached hydrogens (tertiary/aromatic N) is 5. The molecule has 1 aromatic heterocycles. The zero-order valence-corrected chi connectivity index (χ0v) is 15.2. The molecule has 0 radical (unpaired) electrons. The maximum atomic E-state index is 10.1. The second kappa shape index (κ2) is 6.42. The van der Waals surface area contributed by atoms with Crippen LogP contribution in [0, 0.1) is 12.8 Å². The number of likely N-dealkylation sites (tertiary alicyclic amines) is 1. The summed E-state index contributed by atoms with van der Waals surface area (Å²) in [6.45, 7) is 5.07. The molecule has 25 heavy (non-hydrogen) atoms. The normalized spacial score (nSPS) is 23.7. The van der Waals surface area contributed by atoms with E-state index in [9.17, 15) is 5.11 Å². The lowest BCUT2D eigenvalue weighted by Crippen LogP contribution is -2.47. The number of hydrogen-bond donors (Lipinski definition) is 1. The number of phenolic OH excluding ortho intramolecular Hbond substituents is 1. The Morgan fingerprint density at radius 1 is 1.20 bits per heavy atom. The molecule has 2 saturated heterocycles. The van der Waals surface area contributed by atoms with Gasteiger partial charge in [0.05, 0.1) is 16.3 Å². The molecule has 0 aliphatic carbocycles. The molecule has 0 spiro atoms. The van der Waals surface area contributed by atoms with E-state index >= 15 is 0 Å². The van der Waals surface area contributed by atoms with Gasteiger partial charge in [-0.1, -0.05) is 17.7 Å². The molecule has 2 atom stereocenters. The van der Waals surface area contributed by atoms with Gasteiger partial charge in [0.15, 0.2) is 0 Å². The fourth-order valence-electron chi connectivity index (χ4n) is 4.04. The molecule has 3 heterocycles. The number of anilines is 1. The SMILES string of the molecule is Cc1nc(N2CC[C@@H]3CCN(C)CC32)nnc1-c1c(O)cccc1Cl. The number of rotatable bonds is 2. The van der Waals surface area contributed by atoms with E-state index in [-0.39, 0.29) is 5.75 Å². The molecule has 2 aromatic rings. The van der Waals surface area contributed by atoms with E-state index in [2.05, 4.69) is 27.0 Å². The van der Waals surface area contributed by atoms with Crippen LogP contribution in [-0.2, 0) is 0 Å². The summed E-state index contributed by atoms with van der Waals surface area (Å²) in [4.78, 5) is 9.35. The van der Waals surface area contributed by atoms with Gasteiger partial charge in [-0.25, -0.2) is 4.98 Å². The van der Waals surface area contributed by atoms with Crippen LogP contribution in [0.3, 0.4) is 0 Å². The minimum atomic E-state index is 0.0922. The van der Waals surface area contributed by atoms with Gasteiger partial charge < -0.3 is 14.9 Å². The van der Waals surface area contributed by atoms with Crippen LogP contribution in [0.15, 0.2) is 18.2 Å². The van der Waals surface area contributed by atoms with Gasteiger partial charge in [-0.05, 0) is 51.4 Å². The predicted octanol–water partition coefficient (Wildman–Crippen LogP) is 2.74. The lowest BCUT2D eigenvalue weighted by atomic mass is 9.92. The molecular weight excluding hydrogens is 338 g/mol. The first-order valence-corrected chi connectivity index (χ1v) is 9.06. The maximum Gasteiger partial charge on any atom is 0.245 e. The van der Waals surface area contributed by atoms with E-state index < -0.39 is 0 Å². The quantitative estimate of drug-likeness (QED) is 0.889. The second-order valence-electron chi connectivity index (χ2n) is 7.04. The molecule has 1 aromatic carbocycles. The largest absolute Gasteiger partial charge is 0.507 e. The summed E-state index contributed by atoms with van der Waals surface area (Å²) < 4.78 is 0. The summed E-state index contributed by atoms with van der Waals surface area (Å²) >= 11 is 6.24. The van der Waals surface area contributed by atoms with Crippen LogP contribution in [-0.4, -0.2) is 57.9 Å². The van der Waals surface area contributed by atoms with Crippen LogP contribution in [0.2, 0.25) is 5.02 Å². The van der Waals surface area contributed by atoms with Crippen LogP contribution < -0.4 is 4.90 Å². The second-order valence-corrected chi connectivity index (χ2v) is 7.45. The smallest absolute Gasteiger partial charge is 0.245 e. The molecule has 0 amide bonds. The van der Waals surface area contributed by atoms with E-state index in [0.717, 1.165) is 25.3 Å². The lowest BCUT2D eigenvalue weighted by Gasteiger charge is -2.36. The van der Waals surface area contributed by atoms with E-state index in [0.29, 0.717) is 34.2 Å². The van der Waals surface area contributed by atoms with Crippen molar-refractivity contribution in [3.05, 3.63) is 28.9 Å². The molecule has 6 nitrogen and oxygen atoms in total. The number of aryl methyl sites for hydroxylation is 1. The van der Waals surface area contributed by atoms with Gasteiger partial charge >= 0.3 is 0 Å². The molecule has 2 fully saturated rings. The first-order chi connectivity index (χ1) is 12.0. The number of aromatic hydroxyl groups is 1. The number of benzene rings is 1. The van der Waals surface area contributed by atoms with Gasteiger partial charge in [-0.3, -0.25) is 0 Å². The van der Waals surface area contributed by atoms with Gasteiger partial charge in [0.1, 0.15) is 11.4 Å². The molecular formula is C18H22ClN5O. The molecule has 1 N–H and O–H groups in total. The Balaban J connectivity index is 1.67. The number of piperidine rings is 1. The van der Waals surface area contributed by atoms with Crippen molar-refractivity contribution in [1.82, 2.24) is 20.1 Å². The van der Waals surface area contributed by atoms with Crippen LogP contribution in [0.1, 0.15) is 18.5 Å². The van der Waals surface area contributed by atoms with Crippen molar-refractivity contribution in [3.8, 4) is 17.0 Å². The summed E-state index contributed by atoms with van der Waals surface area (Å²) in [7, 11) is 2.17. The zero-order valence-electron chi connectivity index (χ0n) is 14.5. The van der Waals surface area contributed by atoms with Crippen LogP contribution in [0.25, 0.3) is 11.3 Å². The predicted molar refractivity (Wildman–Crippen MR) is 98.0 cm³/mol. The van der Waals surface area contributed by atoms with Crippen molar-refractivity contribution in [3.63, 3.8) is 0 Å². The summed E-state index contributed by atoms with van der Waals surface area (Å²) in [5, 5.41) is 19.3. The zero-order chi connectivity index (χ0) is 17.6. The maximum absolute atomic E-state index is 10.1. The summed E-state index contributed by atoms with van der Waals surface area (Å²) in [6.07, 6.45) is 2.42. The Kier molecular flexibility index (Phi) is 4.25. The average molecular weight is 360 g/mol. The van der Waals surface area contributed by atoms with E-state index in [1.165, 1.54) is 12.8 Å². The third-order valence-corrected chi connectivity index (χ3v) is 5.72. The topological polar surface area (TPSA) is 65.4 Å². The highest BCUT2D eigenvalue weighted by atomic mass is 35.5. The monoisotopic (exact) mass is 359 g/mol. The third-order valence-electron chi connectivity index (χ3n) is 5.40. The highest BCUT2D eigenvalue weighted by molar-refractivity contribution is 6.33. The van der Waals surface area contributed by atoms with Crippen LogP contribution in [0.4, 0.5) is 5.95 Å². The standard InChI is InChI=1S/C18H22ClN5O/c1-11-17(16-13(19)4-3-5-15(16)25)21-22-18(20-11)24-9-7-12-6-8-23(2)10-14(12)24/h3-5,12,14,25H,6-10H2,1-2H3/t12-,14?/m0/s1. The van der Waals surface area contributed by atoms with Crippen molar-refractivity contribution >= 4 is 17.5 Å². The molecule has 1 unspecified atom stereocenters. The molecule has 2 aliphatic rings. The molecule has 4 rings (SSSR count). The van der Waals surface area contributed by atoms with Crippen molar-refractivity contribution in [1.29, 1.82) is 0 Å². The van der Waals surface area contributed by atoms with Gasteiger partial charge in [0.2, 0.25) is 5.95 Å². The van der Waals surface area contributed by atoms with Gasteiger partial charge in [-0.2, -0.15) is 0 Å². The average Bonchev–Trinajstić information content (AvgIpc) is 2.99. The Morgan fingerprint density at radius 3 is 2.76 bits per heavy atom. The minimum absolute atomic E-state index is 0.0922. The van der Waals surface area contributed by atoms with Gasteiger partial charge in [0.25, 0.3) is 0 Å².